The predicted octanol–water partition coefficient (Wildman–Crippen LogP) is 1.87. The van der Waals surface area contributed by atoms with Crippen LogP contribution in [0.5, 0.6) is 0 Å². The predicted molar refractivity (Wildman–Crippen MR) is 75.2 cm³/mol. The van der Waals surface area contributed by atoms with Gasteiger partial charge in [-0.25, -0.2) is 0 Å². The van der Waals surface area contributed by atoms with Crippen molar-refractivity contribution in [1.82, 2.24) is 14.7 Å². The summed E-state index contributed by atoms with van der Waals surface area (Å²) in [4.78, 5) is 14.0. The molecule has 5 heteroatoms. The van der Waals surface area contributed by atoms with E-state index >= 15 is 0 Å². The van der Waals surface area contributed by atoms with Gasteiger partial charge in [-0.05, 0) is 32.3 Å². The van der Waals surface area contributed by atoms with Gasteiger partial charge in [-0.1, -0.05) is 13.8 Å². The number of aromatic nitrogens is 2. The summed E-state index contributed by atoms with van der Waals surface area (Å²) >= 11 is 0. The molecule has 0 saturated carbocycles. The molecule has 1 rings (SSSR count). The first-order valence-corrected chi connectivity index (χ1v) is 6.88. The van der Waals surface area contributed by atoms with Crippen LogP contribution < -0.4 is 0 Å². The van der Waals surface area contributed by atoms with Crippen molar-refractivity contribution in [2.75, 3.05) is 13.6 Å². The Balaban J connectivity index is 2.86. The minimum Gasteiger partial charge on any atom is -0.393 e. The summed E-state index contributed by atoms with van der Waals surface area (Å²) in [5.41, 5.74) is 1.56. The number of hydrogen-bond donors (Lipinski definition) is 1. The van der Waals surface area contributed by atoms with Gasteiger partial charge in [-0.2, -0.15) is 5.10 Å². The summed E-state index contributed by atoms with van der Waals surface area (Å²) in [6.07, 6.45) is 0.192. The lowest BCUT2D eigenvalue weighted by molar-refractivity contribution is 0.0757. The zero-order chi connectivity index (χ0) is 14.6. The minimum atomic E-state index is -0.391. The summed E-state index contributed by atoms with van der Waals surface area (Å²) in [5.74, 6) is 0.268. The van der Waals surface area contributed by atoms with E-state index in [1.165, 1.54) is 0 Å². The van der Waals surface area contributed by atoms with E-state index in [0.717, 1.165) is 5.69 Å². The molecule has 1 heterocycles. The van der Waals surface area contributed by atoms with E-state index in [-0.39, 0.29) is 5.91 Å². The highest BCUT2D eigenvalue weighted by Gasteiger charge is 2.19. The fraction of sp³-hybridized carbons (Fsp3) is 0.714. The molecular formula is C14H25N3O2. The maximum absolute atomic E-state index is 12.4. The Morgan fingerprint density at radius 3 is 2.58 bits per heavy atom. The van der Waals surface area contributed by atoms with E-state index in [4.69, 9.17) is 0 Å². The van der Waals surface area contributed by atoms with Crippen LogP contribution >= 0.6 is 0 Å². The SMILES string of the molecule is CCn1nc(C(C)C)cc1C(=O)N(C)CCC(C)O. The highest BCUT2D eigenvalue weighted by atomic mass is 16.3. The average molecular weight is 267 g/mol. The van der Waals surface area contributed by atoms with Crippen LogP contribution in [0.4, 0.5) is 0 Å². The molecule has 0 bridgehead atoms. The molecule has 1 atom stereocenters. The summed E-state index contributed by atoms with van der Waals surface area (Å²) in [6.45, 7) is 9.05. The third-order valence-electron chi connectivity index (χ3n) is 3.14. The van der Waals surface area contributed by atoms with Gasteiger partial charge in [0, 0.05) is 20.1 Å². The van der Waals surface area contributed by atoms with Gasteiger partial charge in [0.15, 0.2) is 0 Å². The Hall–Kier alpha value is -1.36. The van der Waals surface area contributed by atoms with Gasteiger partial charge >= 0.3 is 0 Å². The third kappa shape index (κ3) is 4.06. The number of rotatable bonds is 6. The second-order valence-corrected chi connectivity index (χ2v) is 5.29. The van der Waals surface area contributed by atoms with Crippen LogP contribution in [-0.2, 0) is 6.54 Å². The minimum absolute atomic E-state index is 0.0399. The summed E-state index contributed by atoms with van der Waals surface area (Å²) in [7, 11) is 1.76. The van der Waals surface area contributed by atoms with Crippen molar-refractivity contribution >= 4 is 5.91 Å². The van der Waals surface area contributed by atoms with E-state index in [1.807, 2.05) is 13.0 Å². The van der Waals surface area contributed by atoms with E-state index in [0.29, 0.717) is 31.1 Å². The number of aliphatic hydroxyl groups is 1. The summed E-state index contributed by atoms with van der Waals surface area (Å²) < 4.78 is 1.75. The molecule has 5 nitrogen and oxygen atoms in total. The van der Waals surface area contributed by atoms with Crippen molar-refractivity contribution in [3.63, 3.8) is 0 Å². The molecular weight excluding hydrogens is 242 g/mol. The molecule has 0 aliphatic rings. The Morgan fingerprint density at radius 1 is 1.47 bits per heavy atom. The zero-order valence-corrected chi connectivity index (χ0v) is 12.6. The Morgan fingerprint density at radius 2 is 2.11 bits per heavy atom. The third-order valence-corrected chi connectivity index (χ3v) is 3.14. The van der Waals surface area contributed by atoms with E-state index in [1.54, 1.807) is 23.6 Å². The van der Waals surface area contributed by atoms with E-state index in [2.05, 4.69) is 18.9 Å². The molecule has 0 aliphatic heterocycles. The lowest BCUT2D eigenvalue weighted by Gasteiger charge is -2.18. The molecule has 1 amide bonds. The number of amides is 1. The molecule has 0 fully saturated rings. The van der Waals surface area contributed by atoms with E-state index in [9.17, 15) is 9.90 Å². The van der Waals surface area contributed by atoms with Crippen molar-refractivity contribution in [1.29, 1.82) is 0 Å². The van der Waals surface area contributed by atoms with Crippen molar-refractivity contribution in [2.45, 2.75) is 52.7 Å². The Bertz CT molecular complexity index is 424. The largest absolute Gasteiger partial charge is 0.393 e. The summed E-state index contributed by atoms with van der Waals surface area (Å²) in [6, 6.07) is 1.87. The van der Waals surface area contributed by atoms with Crippen LogP contribution in [-0.4, -0.2) is 45.4 Å². The summed E-state index contributed by atoms with van der Waals surface area (Å²) in [5, 5.41) is 13.7. The maximum Gasteiger partial charge on any atom is 0.271 e. The molecule has 0 aliphatic carbocycles. The van der Waals surface area contributed by atoms with Crippen molar-refractivity contribution in [3.05, 3.63) is 17.5 Å². The van der Waals surface area contributed by atoms with Crippen LogP contribution in [0.3, 0.4) is 0 Å². The second kappa shape index (κ2) is 6.70. The second-order valence-electron chi connectivity index (χ2n) is 5.29. The molecule has 108 valence electrons. The Kier molecular flexibility index (Phi) is 5.54. The first kappa shape index (κ1) is 15.7. The maximum atomic E-state index is 12.4. The van der Waals surface area contributed by atoms with Gasteiger partial charge in [0.1, 0.15) is 5.69 Å². The van der Waals surface area contributed by atoms with Crippen LogP contribution in [0.2, 0.25) is 0 Å². The lowest BCUT2D eigenvalue weighted by atomic mass is 10.1. The van der Waals surface area contributed by atoms with E-state index < -0.39 is 6.10 Å². The highest BCUT2D eigenvalue weighted by Crippen LogP contribution is 2.16. The van der Waals surface area contributed by atoms with Gasteiger partial charge < -0.3 is 10.0 Å². The van der Waals surface area contributed by atoms with Gasteiger partial charge in [-0.3, -0.25) is 9.48 Å². The molecule has 19 heavy (non-hydrogen) atoms. The van der Waals surface area contributed by atoms with Crippen LogP contribution in [0, 0.1) is 0 Å². The molecule has 1 N–H and O–H groups in total. The fourth-order valence-corrected chi connectivity index (χ4v) is 1.81. The first-order chi connectivity index (χ1) is 8.86. The first-order valence-electron chi connectivity index (χ1n) is 6.88. The normalized spacial score (nSPS) is 12.8. The number of aryl methyl sites for hydroxylation is 1. The number of hydrogen-bond acceptors (Lipinski definition) is 3. The lowest BCUT2D eigenvalue weighted by Crippen LogP contribution is -2.31. The molecule has 0 spiro atoms. The topological polar surface area (TPSA) is 58.4 Å². The van der Waals surface area contributed by atoms with Crippen molar-refractivity contribution in [2.24, 2.45) is 0 Å². The van der Waals surface area contributed by atoms with Gasteiger partial charge in [0.25, 0.3) is 5.91 Å². The number of carbonyl (C=O) groups is 1. The van der Waals surface area contributed by atoms with Crippen molar-refractivity contribution in [3.8, 4) is 0 Å². The quantitative estimate of drug-likeness (QED) is 0.856. The van der Waals surface area contributed by atoms with Crippen LogP contribution in [0.1, 0.15) is 56.2 Å². The van der Waals surface area contributed by atoms with Gasteiger partial charge in [-0.15, -0.1) is 0 Å². The molecule has 1 aromatic heterocycles. The molecule has 1 unspecified atom stereocenters. The smallest absolute Gasteiger partial charge is 0.271 e. The molecule has 0 saturated heterocycles. The fourth-order valence-electron chi connectivity index (χ4n) is 1.81. The number of nitrogens with zero attached hydrogens (tertiary/aromatic N) is 3. The average Bonchev–Trinajstić information content (AvgIpc) is 2.79. The standard InChI is InChI=1S/C14H25N3O2/c1-6-17-13(9-12(15-17)10(2)3)14(19)16(5)8-7-11(4)18/h9-11,18H,6-8H2,1-5H3. The molecule has 1 aromatic rings. The highest BCUT2D eigenvalue weighted by molar-refractivity contribution is 5.92. The number of aliphatic hydroxyl groups excluding tert-OH is 1. The Labute approximate surface area is 115 Å². The molecule has 0 radical (unpaired) electrons. The van der Waals surface area contributed by atoms with Crippen LogP contribution in [0.25, 0.3) is 0 Å². The van der Waals surface area contributed by atoms with Gasteiger partial charge in [0.2, 0.25) is 0 Å². The monoisotopic (exact) mass is 267 g/mol. The number of carbonyl (C=O) groups excluding carboxylic acids is 1. The zero-order valence-electron chi connectivity index (χ0n) is 12.6. The van der Waals surface area contributed by atoms with Gasteiger partial charge in [0.05, 0.1) is 11.8 Å². The van der Waals surface area contributed by atoms with Crippen molar-refractivity contribution < 1.29 is 9.90 Å². The molecule has 0 aromatic carbocycles. The van der Waals surface area contributed by atoms with Crippen LogP contribution in [0.15, 0.2) is 6.07 Å².